The molecule has 0 aromatic carbocycles. The van der Waals surface area contributed by atoms with Crippen LogP contribution < -0.4 is 0 Å². The van der Waals surface area contributed by atoms with Crippen molar-refractivity contribution < 1.29 is 9.42 Å². The molecule has 0 spiro atoms. The Balaban J connectivity index is 2.91. The van der Waals surface area contributed by atoms with Crippen molar-refractivity contribution >= 4 is 37.4 Å². The normalized spacial score (nSPS) is 12.6. The third-order valence-electron chi connectivity index (χ3n) is 2.67. The van der Waals surface area contributed by atoms with Crippen LogP contribution in [0.4, 0.5) is 0 Å². The molecule has 1 atom stereocenters. The van der Waals surface area contributed by atoms with Crippen molar-refractivity contribution in [2.75, 3.05) is 6.61 Å². The van der Waals surface area contributed by atoms with Crippen LogP contribution in [0.15, 0.2) is 0 Å². The van der Waals surface area contributed by atoms with Crippen molar-refractivity contribution in [2.45, 2.75) is 64.2 Å². The van der Waals surface area contributed by atoms with E-state index in [0.29, 0.717) is 6.61 Å². The Morgan fingerprint density at radius 3 is 1.88 bits per heavy atom. The number of rotatable bonds is 13. The maximum absolute atomic E-state index is 8.81. The summed E-state index contributed by atoms with van der Waals surface area (Å²) in [6, 6.07) is 0. The summed E-state index contributed by atoms with van der Waals surface area (Å²) in [5, 5.41) is 1.84. The summed E-state index contributed by atoms with van der Waals surface area (Å²) < 4.78 is 5.00. The Labute approximate surface area is 118 Å². The van der Waals surface area contributed by atoms with Gasteiger partial charge in [0.05, 0.1) is 6.61 Å². The van der Waals surface area contributed by atoms with Crippen LogP contribution in [-0.4, -0.2) is 16.9 Å². The highest BCUT2D eigenvalue weighted by atomic mass is 32.7. The molecule has 5 heteroatoms. The molecule has 17 heavy (non-hydrogen) atoms. The third-order valence-corrected chi connectivity index (χ3v) is 3.67. The molecule has 0 radical (unpaired) electrons. The molecule has 0 aliphatic carbocycles. The highest BCUT2D eigenvalue weighted by Gasteiger charge is 1.96. The van der Waals surface area contributed by atoms with Crippen LogP contribution in [0.2, 0.25) is 0 Å². The minimum Gasteiger partial charge on any atom is -0.342 e. The molecule has 0 aliphatic rings. The number of hydrogen-bond donors (Lipinski definition) is 2. The number of unbranched alkanes of at least 4 members (excludes halogenated alkanes) is 9. The van der Waals surface area contributed by atoms with Gasteiger partial charge in [-0.3, -0.25) is 0 Å². The maximum atomic E-state index is 8.81. The maximum Gasteiger partial charge on any atom is 0.232 e. The van der Waals surface area contributed by atoms with Crippen molar-refractivity contribution in [3.63, 3.8) is 0 Å². The second kappa shape index (κ2) is 14.8. The number of thiocarbonyl (C=S) groups is 1. The summed E-state index contributed by atoms with van der Waals surface area (Å²) >= 11 is 8.58. The Morgan fingerprint density at radius 2 is 1.41 bits per heavy atom. The molecule has 0 aromatic heterocycles. The van der Waals surface area contributed by atoms with Crippen LogP contribution in [0.25, 0.3) is 0 Å². The van der Waals surface area contributed by atoms with E-state index in [4.69, 9.17) is 21.6 Å². The molecule has 0 bridgehead atoms. The predicted molar refractivity (Wildman–Crippen MR) is 83.9 cm³/mol. The Hall–Kier alpha value is 0.790. The zero-order valence-electron chi connectivity index (χ0n) is 10.5. The summed E-state index contributed by atoms with van der Waals surface area (Å²) in [4.78, 5) is 8.81. The van der Waals surface area contributed by atoms with Crippen LogP contribution in [0.3, 0.4) is 0 Å². The minimum absolute atomic E-state index is 0.642. The number of thiol groups is 1. The Kier molecular flexibility index (Phi) is 15.5. The van der Waals surface area contributed by atoms with Crippen molar-refractivity contribution in [1.29, 1.82) is 0 Å². The Morgan fingerprint density at radius 1 is 0.941 bits per heavy atom. The molecule has 0 fully saturated rings. The van der Waals surface area contributed by atoms with Gasteiger partial charge in [0.25, 0.3) is 0 Å². The summed E-state index contributed by atoms with van der Waals surface area (Å²) in [6.07, 6.45) is 12.5. The van der Waals surface area contributed by atoms with Gasteiger partial charge in [-0.25, -0.2) is 0 Å². The zero-order chi connectivity index (χ0) is 12.8. The molecular formula is C12H25O2PS2. The smallest absolute Gasteiger partial charge is 0.232 e. The number of hydrogen-bond acceptors (Lipinski definition) is 4. The molecule has 0 aromatic rings. The van der Waals surface area contributed by atoms with E-state index in [1.807, 2.05) is 5.37 Å². The fourth-order valence-corrected chi connectivity index (χ4v) is 2.42. The van der Waals surface area contributed by atoms with Gasteiger partial charge >= 0.3 is 0 Å². The lowest BCUT2D eigenvalue weighted by Gasteiger charge is -2.04. The minimum atomic E-state index is -1.45. The topological polar surface area (TPSA) is 29.5 Å². The van der Waals surface area contributed by atoms with Gasteiger partial charge < -0.3 is 9.42 Å². The quantitative estimate of drug-likeness (QED) is 0.216. The molecule has 0 heterocycles. The van der Waals surface area contributed by atoms with E-state index < -0.39 is 7.58 Å². The highest BCUT2D eigenvalue weighted by Crippen LogP contribution is 2.36. The average molecular weight is 296 g/mol. The first-order chi connectivity index (χ1) is 8.27. The summed E-state index contributed by atoms with van der Waals surface area (Å²) in [6.45, 7) is 0.642. The predicted octanol–water partition coefficient (Wildman–Crippen LogP) is 5.05. The van der Waals surface area contributed by atoms with Gasteiger partial charge in [-0.05, 0) is 24.6 Å². The second-order valence-corrected chi connectivity index (χ2v) is 6.35. The van der Waals surface area contributed by atoms with E-state index in [9.17, 15) is 0 Å². The van der Waals surface area contributed by atoms with Gasteiger partial charge in [-0.1, -0.05) is 69.4 Å². The molecular weight excluding hydrogens is 271 g/mol. The van der Waals surface area contributed by atoms with Crippen molar-refractivity contribution in [3.8, 4) is 0 Å². The molecule has 0 rings (SSSR count). The molecule has 2 nitrogen and oxygen atoms in total. The first kappa shape index (κ1) is 17.8. The van der Waals surface area contributed by atoms with E-state index >= 15 is 0 Å². The fourth-order valence-electron chi connectivity index (χ4n) is 1.71. The summed E-state index contributed by atoms with van der Waals surface area (Å²) in [7, 11) is -1.45. The largest absolute Gasteiger partial charge is 0.342 e. The van der Waals surface area contributed by atoms with Gasteiger partial charge in [-0.15, -0.1) is 0 Å². The third kappa shape index (κ3) is 16.8. The zero-order valence-corrected chi connectivity index (χ0v) is 13.1. The molecule has 1 N–H and O–H groups in total. The van der Waals surface area contributed by atoms with Crippen molar-refractivity contribution in [2.24, 2.45) is 0 Å². The van der Waals surface area contributed by atoms with E-state index in [1.54, 1.807) is 0 Å². The van der Waals surface area contributed by atoms with Gasteiger partial charge in [0.1, 0.15) is 0 Å². The molecule has 102 valence electrons. The first-order valence-electron chi connectivity index (χ1n) is 6.52. The molecule has 1 unspecified atom stereocenters. The molecule has 0 amide bonds. The van der Waals surface area contributed by atoms with E-state index in [2.05, 4.69) is 12.2 Å². The van der Waals surface area contributed by atoms with Crippen molar-refractivity contribution in [3.05, 3.63) is 0 Å². The lowest BCUT2D eigenvalue weighted by Crippen LogP contribution is -1.88. The van der Waals surface area contributed by atoms with Crippen molar-refractivity contribution in [1.82, 2.24) is 0 Å². The van der Waals surface area contributed by atoms with Crippen LogP contribution in [0.5, 0.6) is 0 Å². The molecule has 0 aliphatic heterocycles. The molecule has 0 saturated carbocycles. The first-order valence-corrected chi connectivity index (χ1v) is 9.35. The van der Waals surface area contributed by atoms with Gasteiger partial charge in [-0.2, -0.15) is 0 Å². The monoisotopic (exact) mass is 296 g/mol. The van der Waals surface area contributed by atoms with Crippen LogP contribution in [0.1, 0.15) is 64.2 Å². The average Bonchev–Trinajstić information content (AvgIpc) is 2.30. The standard InChI is InChI=1S/C12H25O2PS2/c13-15(17)14-11-9-7-5-3-1-2-4-6-8-10-12-16/h12-13,17H,1-11H2. The lowest BCUT2D eigenvalue weighted by molar-refractivity contribution is 0.309. The summed E-state index contributed by atoms with van der Waals surface area (Å²) in [5.74, 6) is 0. The van der Waals surface area contributed by atoms with Crippen LogP contribution in [-0.2, 0) is 4.52 Å². The van der Waals surface area contributed by atoms with E-state index in [-0.39, 0.29) is 0 Å². The second-order valence-electron chi connectivity index (χ2n) is 4.22. The SMILES string of the molecule is OP(S)OCCCCCCCCCCCC=S. The van der Waals surface area contributed by atoms with Gasteiger partial charge in [0, 0.05) is 0 Å². The van der Waals surface area contributed by atoms with E-state index in [1.165, 1.54) is 51.4 Å². The Bertz CT molecular complexity index is 169. The lowest BCUT2D eigenvalue weighted by atomic mass is 10.1. The fraction of sp³-hybridized carbons (Fsp3) is 0.917. The summed E-state index contributed by atoms with van der Waals surface area (Å²) in [5.41, 5.74) is 0. The van der Waals surface area contributed by atoms with Gasteiger partial charge in [0.2, 0.25) is 7.58 Å². The van der Waals surface area contributed by atoms with E-state index in [0.717, 1.165) is 12.8 Å². The van der Waals surface area contributed by atoms with Crippen LogP contribution >= 0.6 is 32.0 Å². The van der Waals surface area contributed by atoms with Crippen LogP contribution in [0, 0.1) is 0 Å². The highest BCUT2D eigenvalue weighted by molar-refractivity contribution is 8.41. The molecule has 0 saturated heterocycles. The van der Waals surface area contributed by atoms with Gasteiger partial charge in [0.15, 0.2) is 0 Å².